The van der Waals surface area contributed by atoms with Crippen LogP contribution in [-0.4, -0.2) is 36.0 Å². The van der Waals surface area contributed by atoms with Crippen LogP contribution in [0.5, 0.6) is 0 Å². The zero-order valence-corrected chi connectivity index (χ0v) is 15.5. The maximum Gasteiger partial charge on any atom is 0.224 e. The molecule has 4 nitrogen and oxygen atoms in total. The molecule has 3 atom stereocenters. The van der Waals surface area contributed by atoms with Crippen molar-refractivity contribution in [2.75, 3.05) is 13.1 Å². The predicted molar refractivity (Wildman–Crippen MR) is 100 cm³/mol. The number of nitrogens with zero attached hydrogens (tertiary/aromatic N) is 1. The number of rotatable bonds is 5. The fourth-order valence-electron chi connectivity index (χ4n) is 2.73. The van der Waals surface area contributed by atoms with Gasteiger partial charge in [-0.15, -0.1) is 24.8 Å². The van der Waals surface area contributed by atoms with Gasteiger partial charge in [-0.1, -0.05) is 37.3 Å². The lowest BCUT2D eigenvalue weighted by molar-refractivity contribution is -0.126. The molecule has 1 amide bonds. The van der Waals surface area contributed by atoms with Gasteiger partial charge in [0.15, 0.2) is 0 Å². The molecule has 1 aliphatic rings. The second-order valence-electron chi connectivity index (χ2n) is 6.22. The highest BCUT2D eigenvalue weighted by Crippen LogP contribution is 2.14. The minimum atomic E-state index is -0.130. The molecule has 2 rings (SSSR count). The van der Waals surface area contributed by atoms with E-state index in [1.807, 2.05) is 19.9 Å². The van der Waals surface area contributed by atoms with Gasteiger partial charge in [0.25, 0.3) is 0 Å². The van der Waals surface area contributed by atoms with Crippen LogP contribution < -0.4 is 11.1 Å². The number of halogens is 2. The van der Waals surface area contributed by atoms with Crippen LogP contribution in [0.3, 0.4) is 0 Å². The topological polar surface area (TPSA) is 58.4 Å². The average molecular weight is 362 g/mol. The van der Waals surface area contributed by atoms with Crippen molar-refractivity contribution in [2.45, 2.75) is 45.3 Å². The molecule has 132 valence electrons. The number of hydrogen-bond donors (Lipinski definition) is 2. The van der Waals surface area contributed by atoms with Crippen molar-refractivity contribution in [3.8, 4) is 0 Å². The molecule has 1 aromatic rings. The summed E-state index contributed by atoms with van der Waals surface area (Å²) < 4.78 is 0. The Morgan fingerprint density at radius 1 is 1.30 bits per heavy atom. The molecule has 1 saturated heterocycles. The van der Waals surface area contributed by atoms with E-state index in [0.717, 1.165) is 32.5 Å². The molecule has 0 aromatic heterocycles. The van der Waals surface area contributed by atoms with Gasteiger partial charge in [-0.05, 0) is 31.9 Å². The first-order valence-electron chi connectivity index (χ1n) is 7.88. The van der Waals surface area contributed by atoms with Crippen molar-refractivity contribution >= 4 is 30.7 Å². The van der Waals surface area contributed by atoms with Crippen molar-refractivity contribution in [3.63, 3.8) is 0 Å². The number of likely N-dealkylation sites (tertiary alicyclic amines) is 1. The SMILES string of the molecule is CC(N)C(C)C(=O)NC1CCCN(Cc2ccccc2)C1.Cl.Cl. The number of nitrogens with one attached hydrogen (secondary N) is 1. The largest absolute Gasteiger partial charge is 0.352 e. The van der Waals surface area contributed by atoms with Gasteiger partial charge in [0.05, 0.1) is 0 Å². The maximum atomic E-state index is 12.1. The molecule has 3 unspecified atom stereocenters. The van der Waals surface area contributed by atoms with Gasteiger partial charge in [0, 0.05) is 31.1 Å². The Morgan fingerprint density at radius 2 is 1.96 bits per heavy atom. The summed E-state index contributed by atoms with van der Waals surface area (Å²) in [7, 11) is 0. The third kappa shape index (κ3) is 7.08. The summed E-state index contributed by atoms with van der Waals surface area (Å²) in [6, 6.07) is 10.6. The van der Waals surface area contributed by atoms with E-state index in [1.54, 1.807) is 0 Å². The standard InChI is InChI=1S/C17H27N3O.2ClH/c1-13(14(2)18)17(21)19-16-9-6-10-20(12-16)11-15-7-4-3-5-8-15;;/h3-5,7-8,13-14,16H,6,9-12,18H2,1-2H3,(H,19,21);2*1H. The van der Waals surface area contributed by atoms with Crippen LogP contribution in [0.4, 0.5) is 0 Å². The highest BCUT2D eigenvalue weighted by molar-refractivity contribution is 5.85. The number of hydrogen-bond acceptors (Lipinski definition) is 3. The molecule has 1 aromatic carbocycles. The van der Waals surface area contributed by atoms with Crippen LogP contribution >= 0.6 is 24.8 Å². The van der Waals surface area contributed by atoms with E-state index in [4.69, 9.17) is 5.73 Å². The van der Waals surface area contributed by atoms with Crippen LogP contribution in [0.1, 0.15) is 32.3 Å². The number of nitrogens with two attached hydrogens (primary N) is 1. The lowest BCUT2D eigenvalue weighted by atomic mass is 10.0. The second kappa shape index (κ2) is 10.9. The number of carbonyl (C=O) groups excluding carboxylic acids is 1. The average Bonchev–Trinajstić information content (AvgIpc) is 2.47. The monoisotopic (exact) mass is 361 g/mol. The Balaban J connectivity index is 0.00000242. The number of amides is 1. The van der Waals surface area contributed by atoms with Gasteiger partial charge >= 0.3 is 0 Å². The molecule has 1 fully saturated rings. The van der Waals surface area contributed by atoms with Crippen LogP contribution in [0.15, 0.2) is 30.3 Å². The molecule has 1 aliphatic heterocycles. The van der Waals surface area contributed by atoms with Crippen LogP contribution in [0.2, 0.25) is 0 Å². The van der Waals surface area contributed by atoms with Crippen LogP contribution in [-0.2, 0) is 11.3 Å². The molecule has 0 spiro atoms. The molecule has 1 heterocycles. The first-order chi connectivity index (χ1) is 10.1. The van der Waals surface area contributed by atoms with E-state index in [-0.39, 0.29) is 48.7 Å². The first-order valence-corrected chi connectivity index (χ1v) is 7.88. The van der Waals surface area contributed by atoms with Gasteiger partial charge in [-0.2, -0.15) is 0 Å². The lowest BCUT2D eigenvalue weighted by Crippen LogP contribution is -2.50. The predicted octanol–water partition coefficient (Wildman–Crippen LogP) is 2.59. The van der Waals surface area contributed by atoms with Gasteiger partial charge in [-0.3, -0.25) is 9.69 Å². The molecule has 23 heavy (non-hydrogen) atoms. The molecule has 0 radical (unpaired) electrons. The lowest BCUT2D eigenvalue weighted by Gasteiger charge is -2.34. The smallest absolute Gasteiger partial charge is 0.224 e. The van der Waals surface area contributed by atoms with E-state index in [2.05, 4.69) is 34.5 Å². The molecular formula is C17H29Cl2N3O. The Hall–Kier alpha value is -0.810. The van der Waals surface area contributed by atoms with Crippen molar-refractivity contribution in [2.24, 2.45) is 11.7 Å². The Bertz CT molecular complexity index is 456. The normalized spacial score (nSPS) is 20.6. The van der Waals surface area contributed by atoms with Gasteiger partial charge in [0.1, 0.15) is 0 Å². The number of piperidine rings is 1. The van der Waals surface area contributed by atoms with E-state index in [9.17, 15) is 4.79 Å². The van der Waals surface area contributed by atoms with E-state index in [1.165, 1.54) is 5.56 Å². The van der Waals surface area contributed by atoms with Gasteiger partial charge in [-0.25, -0.2) is 0 Å². The second-order valence-corrected chi connectivity index (χ2v) is 6.22. The molecule has 6 heteroatoms. The number of benzene rings is 1. The molecule has 0 aliphatic carbocycles. The minimum Gasteiger partial charge on any atom is -0.352 e. The molecule has 0 bridgehead atoms. The van der Waals surface area contributed by atoms with E-state index < -0.39 is 0 Å². The quantitative estimate of drug-likeness (QED) is 0.847. The highest BCUT2D eigenvalue weighted by Gasteiger charge is 2.24. The Morgan fingerprint density at radius 3 is 2.57 bits per heavy atom. The zero-order valence-electron chi connectivity index (χ0n) is 13.9. The van der Waals surface area contributed by atoms with Crippen LogP contribution in [0.25, 0.3) is 0 Å². The highest BCUT2D eigenvalue weighted by atomic mass is 35.5. The van der Waals surface area contributed by atoms with E-state index >= 15 is 0 Å². The first kappa shape index (κ1) is 22.2. The molecule has 3 N–H and O–H groups in total. The summed E-state index contributed by atoms with van der Waals surface area (Å²) in [4.78, 5) is 14.5. The summed E-state index contributed by atoms with van der Waals surface area (Å²) >= 11 is 0. The third-order valence-corrected chi connectivity index (χ3v) is 4.30. The summed E-state index contributed by atoms with van der Waals surface area (Å²) in [5.41, 5.74) is 7.13. The van der Waals surface area contributed by atoms with Crippen molar-refractivity contribution < 1.29 is 4.79 Å². The van der Waals surface area contributed by atoms with Crippen molar-refractivity contribution in [1.82, 2.24) is 10.2 Å². The van der Waals surface area contributed by atoms with Crippen molar-refractivity contribution in [1.29, 1.82) is 0 Å². The van der Waals surface area contributed by atoms with Crippen molar-refractivity contribution in [3.05, 3.63) is 35.9 Å². The summed E-state index contributed by atoms with van der Waals surface area (Å²) in [6.07, 6.45) is 2.19. The van der Waals surface area contributed by atoms with Gasteiger partial charge < -0.3 is 11.1 Å². The fourth-order valence-corrected chi connectivity index (χ4v) is 2.73. The maximum absolute atomic E-state index is 12.1. The van der Waals surface area contributed by atoms with Gasteiger partial charge in [0.2, 0.25) is 5.91 Å². The Kier molecular flexibility index (Phi) is 10.5. The summed E-state index contributed by atoms with van der Waals surface area (Å²) in [5.74, 6) is -0.0499. The molecular weight excluding hydrogens is 333 g/mol. The summed E-state index contributed by atoms with van der Waals surface area (Å²) in [5, 5.41) is 3.16. The zero-order chi connectivity index (χ0) is 15.2. The van der Waals surface area contributed by atoms with Crippen LogP contribution in [0, 0.1) is 5.92 Å². The summed E-state index contributed by atoms with van der Waals surface area (Å²) in [6.45, 7) is 6.75. The number of carbonyl (C=O) groups is 1. The Labute approximate surface area is 152 Å². The third-order valence-electron chi connectivity index (χ3n) is 4.30. The minimum absolute atomic E-state index is 0. The fraction of sp³-hybridized carbons (Fsp3) is 0.588. The molecule has 0 saturated carbocycles. The van der Waals surface area contributed by atoms with E-state index in [0.29, 0.717) is 0 Å².